The molecular weight excluding hydrogens is 221 g/mol. The molecule has 0 aliphatic heterocycles. The van der Waals surface area contributed by atoms with Gasteiger partial charge in [0.15, 0.2) is 0 Å². The zero-order valence-corrected chi connectivity index (χ0v) is 9.95. The highest BCUT2D eigenvalue weighted by Crippen LogP contribution is 2.20. The molecule has 0 spiro atoms. The normalized spacial score (nSPS) is 14.3. The van der Waals surface area contributed by atoms with Gasteiger partial charge in [-0.2, -0.15) is 0 Å². The zero-order valence-electron chi connectivity index (χ0n) is 9.95. The molecule has 1 aromatic carbocycles. The van der Waals surface area contributed by atoms with Gasteiger partial charge >= 0.3 is 5.97 Å². The maximum Gasteiger partial charge on any atom is 0.324 e. The molecule has 0 amide bonds. The van der Waals surface area contributed by atoms with Crippen molar-refractivity contribution in [2.75, 3.05) is 0 Å². The van der Waals surface area contributed by atoms with E-state index in [1.165, 1.54) is 6.07 Å². The Labute approximate surface area is 100 Å². The Morgan fingerprint density at radius 1 is 1.47 bits per heavy atom. The average Bonchev–Trinajstić information content (AvgIpc) is 2.29. The van der Waals surface area contributed by atoms with Gasteiger partial charge in [0.25, 0.3) is 0 Å². The van der Waals surface area contributed by atoms with Gasteiger partial charge < -0.3 is 10.8 Å². The fourth-order valence-electron chi connectivity index (χ4n) is 1.74. The van der Waals surface area contributed by atoms with Crippen molar-refractivity contribution in [3.05, 3.63) is 35.6 Å². The lowest BCUT2D eigenvalue weighted by Gasteiger charge is -2.24. The van der Waals surface area contributed by atoms with Crippen LogP contribution in [0.25, 0.3) is 0 Å². The second-order valence-electron chi connectivity index (χ2n) is 4.33. The van der Waals surface area contributed by atoms with Gasteiger partial charge in [0, 0.05) is 6.42 Å². The monoisotopic (exact) mass is 239 g/mol. The molecule has 4 heteroatoms. The first-order valence-corrected chi connectivity index (χ1v) is 5.75. The van der Waals surface area contributed by atoms with Gasteiger partial charge in [-0.25, -0.2) is 4.39 Å². The molecule has 0 radical (unpaired) electrons. The summed E-state index contributed by atoms with van der Waals surface area (Å²) in [6, 6.07) is 6.15. The third-order valence-electron chi connectivity index (χ3n) is 2.87. The highest BCUT2D eigenvalue weighted by Gasteiger charge is 2.34. The Morgan fingerprint density at radius 2 is 2.12 bits per heavy atom. The van der Waals surface area contributed by atoms with E-state index in [4.69, 9.17) is 10.8 Å². The molecule has 0 aliphatic carbocycles. The van der Waals surface area contributed by atoms with E-state index in [1.54, 1.807) is 18.2 Å². The van der Waals surface area contributed by atoms with Gasteiger partial charge in [-0.05, 0) is 18.1 Å². The van der Waals surface area contributed by atoms with Crippen LogP contribution in [0.4, 0.5) is 4.39 Å². The number of hydrogen-bond acceptors (Lipinski definition) is 2. The van der Waals surface area contributed by atoms with Crippen LogP contribution in [-0.4, -0.2) is 16.6 Å². The number of unbranched alkanes of at least 4 members (excludes halogenated alkanes) is 1. The number of aliphatic carboxylic acids is 1. The third kappa shape index (κ3) is 3.53. The first-order valence-electron chi connectivity index (χ1n) is 5.75. The molecule has 0 saturated carbocycles. The number of carboxylic acids is 1. The van der Waals surface area contributed by atoms with Crippen molar-refractivity contribution in [1.29, 1.82) is 0 Å². The lowest BCUT2D eigenvalue weighted by atomic mass is 9.87. The minimum atomic E-state index is -1.38. The fraction of sp³-hybridized carbons (Fsp3) is 0.462. The van der Waals surface area contributed by atoms with E-state index >= 15 is 0 Å². The van der Waals surface area contributed by atoms with Crippen LogP contribution in [-0.2, 0) is 11.2 Å². The number of nitrogens with two attached hydrogens (primary N) is 1. The number of carbonyl (C=O) groups is 1. The first kappa shape index (κ1) is 13.6. The van der Waals surface area contributed by atoms with E-state index in [2.05, 4.69) is 0 Å². The topological polar surface area (TPSA) is 63.3 Å². The van der Waals surface area contributed by atoms with Gasteiger partial charge in [-0.3, -0.25) is 4.79 Å². The predicted molar refractivity (Wildman–Crippen MR) is 64.2 cm³/mol. The zero-order chi connectivity index (χ0) is 12.9. The largest absolute Gasteiger partial charge is 0.480 e. The molecule has 0 bridgehead atoms. The highest BCUT2D eigenvalue weighted by atomic mass is 19.1. The number of halogens is 1. The van der Waals surface area contributed by atoms with Crippen molar-refractivity contribution in [1.82, 2.24) is 0 Å². The Kier molecular flexibility index (Phi) is 4.63. The van der Waals surface area contributed by atoms with Gasteiger partial charge in [-0.15, -0.1) is 0 Å². The molecule has 0 unspecified atom stereocenters. The molecule has 3 nitrogen and oxygen atoms in total. The van der Waals surface area contributed by atoms with E-state index in [1.807, 2.05) is 6.92 Å². The Balaban J connectivity index is 2.87. The summed E-state index contributed by atoms with van der Waals surface area (Å²) in [5, 5.41) is 9.16. The lowest BCUT2D eigenvalue weighted by molar-refractivity contribution is -0.143. The second-order valence-corrected chi connectivity index (χ2v) is 4.33. The highest BCUT2D eigenvalue weighted by molar-refractivity contribution is 5.78. The van der Waals surface area contributed by atoms with Gasteiger partial charge in [0.2, 0.25) is 0 Å². The third-order valence-corrected chi connectivity index (χ3v) is 2.87. The van der Waals surface area contributed by atoms with Gasteiger partial charge in [0.1, 0.15) is 11.4 Å². The van der Waals surface area contributed by atoms with Crippen LogP contribution < -0.4 is 5.73 Å². The fourth-order valence-corrected chi connectivity index (χ4v) is 1.74. The van der Waals surface area contributed by atoms with Crippen molar-refractivity contribution in [3.63, 3.8) is 0 Å². The average molecular weight is 239 g/mol. The Bertz CT molecular complexity index is 395. The summed E-state index contributed by atoms with van der Waals surface area (Å²) >= 11 is 0. The second kappa shape index (κ2) is 5.77. The van der Waals surface area contributed by atoms with Crippen LogP contribution in [0.2, 0.25) is 0 Å². The van der Waals surface area contributed by atoms with Gasteiger partial charge in [0.05, 0.1) is 0 Å². The first-order chi connectivity index (χ1) is 7.99. The summed E-state index contributed by atoms with van der Waals surface area (Å²) in [7, 11) is 0. The van der Waals surface area contributed by atoms with Crippen molar-refractivity contribution in [3.8, 4) is 0 Å². The molecule has 0 aliphatic rings. The number of rotatable bonds is 6. The van der Waals surface area contributed by atoms with Crippen LogP contribution in [0.3, 0.4) is 0 Å². The van der Waals surface area contributed by atoms with Crippen molar-refractivity contribution in [2.24, 2.45) is 5.73 Å². The molecule has 3 N–H and O–H groups in total. The van der Waals surface area contributed by atoms with Gasteiger partial charge in [-0.1, -0.05) is 38.0 Å². The maximum absolute atomic E-state index is 13.5. The number of carboxylic acid groups (broad SMARTS) is 1. The summed E-state index contributed by atoms with van der Waals surface area (Å²) in [4.78, 5) is 11.2. The van der Waals surface area contributed by atoms with Crippen LogP contribution in [0.1, 0.15) is 31.7 Å². The molecular formula is C13H18FNO2. The number of hydrogen-bond donors (Lipinski definition) is 2. The molecule has 0 fully saturated rings. The molecule has 1 rings (SSSR count). The molecule has 0 heterocycles. The summed E-state index contributed by atoms with van der Waals surface area (Å²) < 4.78 is 13.5. The van der Waals surface area contributed by atoms with E-state index in [0.717, 1.165) is 12.8 Å². The summed E-state index contributed by atoms with van der Waals surface area (Å²) in [5.74, 6) is -1.48. The summed E-state index contributed by atoms with van der Waals surface area (Å²) in [6.45, 7) is 1.96. The SMILES string of the molecule is CCCC[C@](N)(Cc1ccccc1F)C(=O)O. The molecule has 94 valence electrons. The van der Waals surface area contributed by atoms with E-state index in [0.29, 0.717) is 12.0 Å². The van der Waals surface area contributed by atoms with Crippen LogP contribution in [0.5, 0.6) is 0 Å². The Hall–Kier alpha value is -1.42. The van der Waals surface area contributed by atoms with E-state index in [9.17, 15) is 9.18 Å². The molecule has 0 saturated heterocycles. The Morgan fingerprint density at radius 3 is 2.65 bits per heavy atom. The smallest absolute Gasteiger partial charge is 0.324 e. The molecule has 1 atom stereocenters. The van der Waals surface area contributed by atoms with Crippen molar-refractivity contribution in [2.45, 2.75) is 38.1 Å². The number of benzene rings is 1. The van der Waals surface area contributed by atoms with Crippen LogP contribution in [0, 0.1) is 5.82 Å². The quantitative estimate of drug-likeness (QED) is 0.800. The van der Waals surface area contributed by atoms with Crippen molar-refractivity contribution < 1.29 is 14.3 Å². The van der Waals surface area contributed by atoms with E-state index < -0.39 is 17.3 Å². The molecule has 1 aromatic rings. The summed E-state index contributed by atoms with van der Waals surface area (Å²) in [6.07, 6.45) is 1.96. The van der Waals surface area contributed by atoms with E-state index in [-0.39, 0.29) is 6.42 Å². The molecule has 0 aromatic heterocycles. The van der Waals surface area contributed by atoms with Crippen molar-refractivity contribution >= 4 is 5.97 Å². The minimum Gasteiger partial charge on any atom is -0.480 e. The summed E-state index contributed by atoms with van der Waals surface area (Å²) in [5.41, 5.74) is 4.84. The standard InChI is InChI=1S/C13H18FNO2/c1-2-3-8-13(15,12(16)17)9-10-6-4-5-7-11(10)14/h4-7H,2-3,8-9,15H2,1H3,(H,16,17)/t13-/m0/s1. The van der Waals surface area contributed by atoms with Crippen LogP contribution >= 0.6 is 0 Å². The minimum absolute atomic E-state index is 0.0228. The van der Waals surface area contributed by atoms with Crippen LogP contribution in [0.15, 0.2) is 24.3 Å². The predicted octanol–water partition coefficient (Wildman–Crippen LogP) is 2.34. The molecule has 17 heavy (non-hydrogen) atoms. The maximum atomic E-state index is 13.5. The lowest BCUT2D eigenvalue weighted by Crippen LogP contribution is -2.50.